The Hall–Kier alpha value is -2.34. The molecule has 2 rings (SSSR count). The molecule has 0 aliphatic rings. The fraction of sp³-hybridized carbons (Fsp3) is 0.458. The van der Waals surface area contributed by atoms with Gasteiger partial charge in [0.05, 0.1) is 18.5 Å². The molecule has 0 unspecified atom stereocenters. The lowest BCUT2D eigenvalue weighted by Gasteiger charge is -2.26. The van der Waals surface area contributed by atoms with Crippen LogP contribution in [0.3, 0.4) is 0 Å². The van der Waals surface area contributed by atoms with E-state index in [9.17, 15) is 13.2 Å². The number of sulfonamides is 1. The van der Waals surface area contributed by atoms with E-state index in [1.807, 2.05) is 44.2 Å². The first-order chi connectivity index (χ1) is 13.9. The maximum atomic E-state index is 12.6. The van der Waals surface area contributed by atoms with Crippen molar-refractivity contribution in [3.05, 3.63) is 64.7 Å². The van der Waals surface area contributed by atoms with Crippen LogP contribution in [0.15, 0.2) is 42.5 Å². The summed E-state index contributed by atoms with van der Waals surface area (Å²) in [5.41, 5.74) is 3.97. The van der Waals surface area contributed by atoms with Crippen LogP contribution in [0.5, 0.6) is 0 Å². The quantitative estimate of drug-likeness (QED) is 0.661. The third kappa shape index (κ3) is 6.08. The van der Waals surface area contributed by atoms with Gasteiger partial charge in [0.2, 0.25) is 10.0 Å². The van der Waals surface area contributed by atoms with E-state index in [0.717, 1.165) is 16.7 Å². The molecule has 0 aliphatic heterocycles. The summed E-state index contributed by atoms with van der Waals surface area (Å²) in [6.45, 7) is 12.5. The lowest BCUT2D eigenvalue weighted by molar-refractivity contribution is 0.0910. The Labute approximate surface area is 181 Å². The highest BCUT2D eigenvalue weighted by Gasteiger charge is 2.22. The summed E-state index contributed by atoms with van der Waals surface area (Å²) in [4.78, 5) is 12.6. The molecule has 0 spiro atoms. The fourth-order valence-corrected chi connectivity index (χ4v) is 4.57. The minimum atomic E-state index is -3.46. The Bertz CT molecular complexity index is 972. The zero-order valence-corrected chi connectivity index (χ0v) is 19.9. The number of benzene rings is 2. The van der Waals surface area contributed by atoms with E-state index < -0.39 is 10.0 Å². The Balaban J connectivity index is 2.24. The SMILES string of the molecule is Cc1ccc(C)c(N(Cc2ccc(C(=O)NC(C(C)C)C(C)C)cc2)S(C)(=O)=O)c1. The first-order valence-corrected chi connectivity index (χ1v) is 12.2. The number of anilines is 1. The second-order valence-electron chi connectivity index (χ2n) is 8.74. The second kappa shape index (κ2) is 9.65. The Morgan fingerprint density at radius 1 is 0.967 bits per heavy atom. The molecule has 164 valence electrons. The van der Waals surface area contributed by atoms with Gasteiger partial charge in [-0.15, -0.1) is 0 Å². The van der Waals surface area contributed by atoms with Crippen molar-refractivity contribution in [1.82, 2.24) is 5.32 Å². The van der Waals surface area contributed by atoms with Crippen molar-refractivity contribution in [2.75, 3.05) is 10.6 Å². The highest BCUT2D eigenvalue weighted by molar-refractivity contribution is 7.92. The number of rotatable bonds is 8. The lowest BCUT2D eigenvalue weighted by atomic mass is 9.93. The van der Waals surface area contributed by atoms with E-state index in [1.54, 1.807) is 12.1 Å². The van der Waals surface area contributed by atoms with Crippen LogP contribution in [0.2, 0.25) is 0 Å². The standard InChI is InChI=1S/C24H34N2O3S/c1-16(2)23(17(3)4)25-24(27)21-12-10-20(11-13-21)15-26(30(7,28)29)22-14-18(5)8-9-19(22)6/h8-14,16-17,23H,15H2,1-7H3,(H,25,27). The van der Waals surface area contributed by atoms with Crippen molar-refractivity contribution in [2.45, 2.75) is 54.1 Å². The van der Waals surface area contributed by atoms with Crippen molar-refractivity contribution < 1.29 is 13.2 Å². The third-order valence-electron chi connectivity index (χ3n) is 5.31. The number of carbonyl (C=O) groups is 1. The normalized spacial score (nSPS) is 11.9. The number of amides is 1. The van der Waals surface area contributed by atoms with Crippen LogP contribution in [-0.2, 0) is 16.6 Å². The molecule has 6 heteroatoms. The highest BCUT2D eigenvalue weighted by atomic mass is 32.2. The number of hydrogen-bond donors (Lipinski definition) is 1. The molecule has 2 aromatic rings. The van der Waals surface area contributed by atoms with Gasteiger partial charge in [-0.05, 0) is 60.6 Å². The van der Waals surface area contributed by atoms with Gasteiger partial charge in [0.1, 0.15) is 0 Å². The predicted molar refractivity (Wildman–Crippen MR) is 124 cm³/mol. The molecule has 0 saturated carbocycles. The molecular weight excluding hydrogens is 396 g/mol. The summed E-state index contributed by atoms with van der Waals surface area (Å²) in [5.74, 6) is 0.576. The van der Waals surface area contributed by atoms with Gasteiger partial charge in [-0.1, -0.05) is 52.0 Å². The number of hydrogen-bond acceptors (Lipinski definition) is 3. The van der Waals surface area contributed by atoms with Crippen LogP contribution in [0, 0.1) is 25.7 Å². The Kier molecular flexibility index (Phi) is 7.70. The summed E-state index contributed by atoms with van der Waals surface area (Å²) in [6.07, 6.45) is 1.22. The average molecular weight is 431 g/mol. The molecule has 0 atom stereocenters. The van der Waals surface area contributed by atoms with Crippen molar-refractivity contribution in [1.29, 1.82) is 0 Å². The summed E-state index contributed by atoms with van der Waals surface area (Å²) < 4.78 is 26.4. The van der Waals surface area contributed by atoms with Gasteiger partial charge < -0.3 is 5.32 Å². The van der Waals surface area contributed by atoms with Gasteiger partial charge in [-0.3, -0.25) is 9.10 Å². The molecule has 0 aromatic heterocycles. The van der Waals surface area contributed by atoms with Gasteiger partial charge in [0.15, 0.2) is 0 Å². The topological polar surface area (TPSA) is 66.5 Å². The molecule has 0 radical (unpaired) electrons. The molecule has 2 aromatic carbocycles. The van der Waals surface area contributed by atoms with E-state index in [2.05, 4.69) is 33.0 Å². The average Bonchev–Trinajstić information content (AvgIpc) is 2.65. The van der Waals surface area contributed by atoms with Crippen LogP contribution in [0.1, 0.15) is 54.7 Å². The predicted octanol–water partition coefficient (Wildman–Crippen LogP) is 4.68. The Morgan fingerprint density at radius 3 is 2.03 bits per heavy atom. The van der Waals surface area contributed by atoms with Crippen LogP contribution in [-0.4, -0.2) is 26.6 Å². The maximum Gasteiger partial charge on any atom is 0.251 e. The molecule has 0 aliphatic carbocycles. The van der Waals surface area contributed by atoms with Crippen LogP contribution in [0.25, 0.3) is 0 Å². The summed E-state index contributed by atoms with van der Waals surface area (Å²) in [5, 5.41) is 3.11. The molecular formula is C24H34N2O3S. The number of carbonyl (C=O) groups excluding carboxylic acids is 1. The van der Waals surface area contributed by atoms with E-state index >= 15 is 0 Å². The van der Waals surface area contributed by atoms with Gasteiger partial charge in [-0.25, -0.2) is 8.42 Å². The van der Waals surface area contributed by atoms with Crippen molar-refractivity contribution in [3.8, 4) is 0 Å². The molecule has 1 N–H and O–H groups in total. The van der Waals surface area contributed by atoms with Gasteiger partial charge in [0.25, 0.3) is 5.91 Å². The van der Waals surface area contributed by atoms with Gasteiger partial charge in [-0.2, -0.15) is 0 Å². The van der Waals surface area contributed by atoms with E-state index in [0.29, 0.717) is 23.1 Å². The van der Waals surface area contributed by atoms with Gasteiger partial charge >= 0.3 is 0 Å². The fourth-order valence-electron chi connectivity index (χ4n) is 3.63. The molecule has 30 heavy (non-hydrogen) atoms. The van der Waals surface area contributed by atoms with Crippen LogP contribution in [0.4, 0.5) is 5.69 Å². The molecule has 5 nitrogen and oxygen atoms in total. The minimum Gasteiger partial charge on any atom is -0.349 e. The van der Waals surface area contributed by atoms with Crippen LogP contribution < -0.4 is 9.62 Å². The van der Waals surface area contributed by atoms with Crippen molar-refractivity contribution in [3.63, 3.8) is 0 Å². The van der Waals surface area contributed by atoms with E-state index in [4.69, 9.17) is 0 Å². The second-order valence-corrected chi connectivity index (χ2v) is 10.7. The first-order valence-electron chi connectivity index (χ1n) is 10.3. The summed E-state index contributed by atoms with van der Waals surface area (Å²) in [7, 11) is -3.46. The zero-order valence-electron chi connectivity index (χ0n) is 19.1. The first kappa shape index (κ1) is 23.9. The maximum absolute atomic E-state index is 12.6. The monoisotopic (exact) mass is 430 g/mol. The van der Waals surface area contributed by atoms with Gasteiger partial charge in [0, 0.05) is 11.6 Å². The molecule has 1 amide bonds. The molecule has 0 heterocycles. The zero-order chi connectivity index (χ0) is 22.6. The van der Waals surface area contributed by atoms with Crippen molar-refractivity contribution >= 4 is 21.6 Å². The summed E-state index contributed by atoms with van der Waals surface area (Å²) in [6, 6.07) is 13.0. The number of nitrogens with zero attached hydrogens (tertiary/aromatic N) is 1. The number of nitrogens with one attached hydrogen (secondary N) is 1. The highest BCUT2D eigenvalue weighted by Crippen LogP contribution is 2.26. The Morgan fingerprint density at radius 2 is 1.53 bits per heavy atom. The minimum absolute atomic E-state index is 0.0993. The molecule has 0 bridgehead atoms. The number of aryl methyl sites for hydroxylation is 2. The van der Waals surface area contributed by atoms with E-state index in [-0.39, 0.29) is 18.5 Å². The molecule has 0 saturated heterocycles. The molecule has 0 fully saturated rings. The lowest BCUT2D eigenvalue weighted by Crippen LogP contribution is -2.42. The van der Waals surface area contributed by atoms with Crippen LogP contribution >= 0.6 is 0 Å². The third-order valence-corrected chi connectivity index (χ3v) is 6.44. The van der Waals surface area contributed by atoms with Crippen molar-refractivity contribution in [2.24, 2.45) is 11.8 Å². The smallest absolute Gasteiger partial charge is 0.251 e. The van der Waals surface area contributed by atoms with E-state index in [1.165, 1.54) is 10.6 Å². The summed E-state index contributed by atoms with van der Waals surface area (Å²) >= 11 is 0. The largest absolute Gasteiger partial charge is 0.349 e.